The summed E-state index contributed by atoms with van der Waals surface area (Å²) >= 11 is 0. The molecule has 2 heteroatoms. The average molecular weight is 157 g/mol. The summed E-state index contributed by atoms with van der Waals surface area (Å²) in [5.41, 5.74) is 0.0753. The van der Waals surface area contributed by atoms with Crippen molar-refractivity contribution in [3.63, 3.8) is 0 Å². The zero-order valence-electron chi connectivity index (χ0n) is 8.05. The Morgan fingerprint density at radius 2 is 2.00 bits per heavy atom. The SMILES string of the molecule is CCC(C)(C)OC1CN(C)C1. The molecule has 2 nitrogen and oxygen atoms in total. The molecule has 66 valence electrons. The molecule has 0 N–H and O–H groups in total. The van der Waals surface area contributed by atoms with Gasteiger partial charge >= 0.3 is 0 Å². The van der Waals surface area contributed by atoms with Gasteiger partial charge in [0.1, 0.15) is 0 Å². The van der Waals surface area contributed by atoms with Gasteiger partial charge < -0.3 is 9.64 Å². The number of nitrogens with zero attached hydrogens (tertiary/aromatic N) is 1. The molecular weight excluding hydrogens is 138 g/mol. The Balaban J connectivity index is 2.21. The van der Waals surface area contributed by atoms with Gasteiger partial charge in [0.25, 0.3) is 0 Å². The molecule has 0 radical (unpaired) electrons. The molecule has 1 aliphatic rings. The smallest absolute Gasteiger partial charge is 0.0835 e. The van der Waals surface area contributed by atoms with Gasteiger partial charge in [-0.25, -0.2) is 0 Å². The lowest BCUT2D eigenvalue weighted by molar-refractivity contribution is -0.126. The van der Waals surface area contributed by atoms with Crippen LogP contribution in [0, 0.1) is 0 Å². The van der Waals surface area contributed by atoms with Gasteiger partial charge in [-0.3, -0.25) is 0 Å². The van der Waals surface area contributed by atoms with Crippen LogP contribution in [0.1, 0.15) is 27.2 Å². The number of rotatable bonds is 3. The Hall–Kier alpha value is -0.0800. The number of likely N-dealkylation sites (tertiary alicyclic amines) is 1. The number of ether oxygens (including phenoxy) is 1. The van der Waals surface area contributed by atoms with E-state index in [1.807, 2.05) is 0 Å². The molecule has 0 spiro atoms. The molecule has 0 atom stereocenters. The highest BCUT2D eigenvalue weighted by Gasteiger charge is 2.29. The first-order valence-corrected chi connectivity index (χ1v) is 4.40. The van der Waals surface area contributed by atoms with Gasteiger partial charge in [0, 0.05) is 13.1 Å². The zero-order valence-corrected chi connectivity index (χ0v) is 8.05. The molecule has 1 aliphatic heterocycles. The van der Waals surface area contributed by atoms with Crippen LogP contribution in [0.25, 0.3) is 0 Å². The third-order valence-corrected chi connectivity index (χ3v) is 2.37. The van der Waals surface area contributed by atoms with Gasteiger partial charge in [-0.1, -0.05) is 6.92 Å². The predicted octanol–water partition coefficient (Wildman–Crippen LogP) is 1.51. The first-order valence-electron chi connectivity index (χ1n) is 4.40. The summed E-state index contributed by atoms with van der Waals surface area (Å²) in [6.45, 7) is 8.69. The number of hydrogen-bond donors (Lipinski definition) is 0. The van der Waals surface area contributed by atoms with Crippen molar-refractivity contribution in [3.8, 4) is 0 Å². The van der Waals surface area contributed by atoms with E-state index in [1.165, 1.54) is 0 Å². The lowest BCUT2D eigenvalue weighted by Gasteiger charge is -2.40. The largest absolute Gasteiger partial charge is 0.370 e. The Kier molecular flexibility index (Phi) is 2.55. The number of likely N-dealkylation sites (N-methyl/N-ethyl adjacent to an activating group) is 1. The highest BCUT2D eigenvalue weighted by molar-refractivity contribution is 4.81. The fourth-order valence-electron chi connectivity index (χ4n) is 1.25. The molecule has 0 saturated carbocycles. The number of hydrogen-bond acceptors (Lipinski definition) is 2. The fourth-order valence-corrected chi connectivity index (χ4v) is 1.25. The van der Waals surface area contributed by atoms with Crippen molar-refractivity contribution in [2.24, 2.45) is 0 Å². The lowest BCUT2D eigenvalue weighted by atomic mass is 10.1. The molecule has 1 saturated heterocycles. The quantitative estimate of drug-likeness (QED) is 0.615. The van der Waals surface area contributed by atoms with E-state index in [-0.39, 0.29) is 5.60 Å². The molecule has 0 aliphatic carbocycles. The van der Waals surface area contributed by atoms with Crippen LogP contribution in [0.3, 0.4) is 0 Å². The fraction of sp³-hybridized carbons (Fsp3) is 1.00. The van der Waals surface area contributed by atoms with Crippen LogP contribution >= 0.6 is 0 Å². The summed E-state index contributed by atoms with van der Waals surface area (Å²) < 4.78 is 5.85. The van der Waals surface area contributed by atoms with Crippen LogP contribution in [-0.4, -0.2) is 36.7 Å². The van der Waals surface area contributed by atoms with Gasteiger partial charge in [0.05, 0.1) is 11.7 Å². The molecule has 11 heavy (non-hydrogen) atoms. The van der Waals surface area contributed by atoms with Crippen molar-refractivity contribution in [2.45, 2.75) is 38.9 Å². The second-order valence-electron chi connectivity index (χ2n) is 4.07. The second-order valence-corrected chi connectivity index (χ2v) is 4.07. The molecule has 0 amide bonds. The third-order valence-electron chi connectivity index (χ3n) is 2.37. The Labute approximate surface area is 69.5 Å². The van der Waals surface area contributed by atoms with Gasteiger partial charge in [0.15, 0.2) is 0 Å². The van der Waals surface area contributed by atoms with Crippen molar-refractivity contribution in [2.75, 3.05) is 20.1 Å². The Morgan fingerprint density at radius 1 is 1.45 bits per heavy atom. The molecular formula is C9H19NO. The monoisotopic (exact) mass is 157 g/mol. The second kappa shape index (κ2) is 3.11. The highest BCUT2D eigenvalue weighted by Crippen LogP contribution is 2.20. The molecule has 0 aromatic carbocycles. The first-order chi connectivity index (χ1) is 5.03. The predicted molar refractivity (Wildman–Crippen MR) is 46.7 cm³/mol. The minimum atomic E-state index is 0.0753. The minimum absolute atomic E-state index is 0.0753. The van der Waals surface area contributed by atoms with Crippen LogP contribution < -0.4 is 0 Å². The van der Waals surface area contributed by atoms with E-state index in [0.29, 0.717) is 6.10 Å². The van der Waals surface area contributed by atoms with E-state index in [1.54, 1.807) is 0 Å². The summed E-state index contributed by atoms with van der Waals surface area (Å²) in [6.07, 6.45) is 1.57. The van der Waals surface area contributed by atoms with Crippen LogP contribution in [0.4, 0.5) is 0 Å². The molecule has 1 fully saturated rings. The molecule has 0 aromatic rings. The van der Waals surface area contributed by atoms with Crippen LogP contribution in [0.15, 0.2) is 0 Å². The van der Waals surface area contributed by atoms with E-state index in [0.717, 1.165) is 19.5 Å². The molecule has 1 rings (SSSR count). The van der Waals surface area contributed by atoms with Crippen LogP contribution in [0.5, 0.6) is 0 Å². The van der Waals surface area contributed by atoms with Crippen LogP contribution in [0.2, 0.25) is 0 Å². The maximum atomic E-state index is 5.85. The molecule has 0 aromatic heterocycles. The standard InChI is InChI=1S/C9H19NO/c1-5-9(2,3)11-8-6-10(4)7-8/h8H,5-7H2,1-4H3. The van der Waals surface area contributed by atoms with Crippen molar-refractivity contribution < 1.29 is 4.74 Å². The minimum Gasteiger partial charge on any atom is -0.370 e. The van der Waals surface area contributed by atoms with Gasteiger partial charge in [-0.15, -0.1) is 0 Å². The zero-order chi connectivity index (χ0) is 8.48. The molecule has 0 bridgehead atoms. The Morgan fingerprint density at radius 3 is 2.36 bits per heavy atom. The maximum absolute atomic E-state index is 5.85. The van der Waals surface area contributed by atoms with E-state index in [4.69, 9.17) is 4.74 Å². The van der Waals surface area contributed by atoms with E-state index < -0.39 is 0 Å². The summed E-state index contributed by atoms with van der Waals surface area (Å²) in [5, 5.41) is 0. The molecule has 0 unspecified atom stereocenters. The van der Waals surface area contributed by atoms with E-state index in [9.17, 15) is 0 Å². The summed E-state index contributed by atoms with van der Waals surface area (Å²) in [5.74, 6) is 0. The maximum Gasteiger partial charge on any atom is 0.0835 e. The van der Waals surface area contributed by atoms with Crippen LogP contribution in [-0.2, 0) is 4.74 Å². The van der Waals surface area contributed by atoms with Gasteiger partial charge in [-0.2, -0.15) is 0 Å². The van der Waals surface area contributed by atoms with Gasteiger partial charge in [0.2, 0.25) is 0 Å². The van der Waals surface area contributed by atoms with E-state index >= 15 is 0 Å². The van der Waals surface area contributed by atoms with E-state index in [2.05, 4.69) is 32.7 Å². The highest BCUT2D eigenvalue weighted by atomic mass is 16.5. The van der Waals surface area contributed by atoms with Crippen molar-refractivity contribution in [1.29, 1.82) is 0 Å². The Bertz CT molecular complexity index is 128. The van der Waals surface area contributed by atoms with Gasteiger partial charge in [-0.05, 0) is 27.3 Å². The third kappa shape index (κ3) is 2.46. The summed E-state index contributed by atoms with van der Waals surface area (Å²) in [4.78, 5) is 2.27. The average Bonchev–Trinajstić information content (AvgIpc) is 1.84. The normalized spacial score (nSPS) is 21.8. The van der Waals surface area contributed by atoms with Crippen molar-refractivity contribution in [3.05, 3.63) is 0 Å². The lowest BCUT2D eigenvalue weighted by Crippen LogP contribution is -2.52. The molecule has 1 heterocycles. The summed E-state index contributed by atoms with van der Waals surface area (Å²) in [7, 11) is 2.12. The van der Waals surface area contributed by atoms with Crippen molar-refractivity contribution >= 4 is 0 Å². The van der Waals surface area contributed by atoms with Crippen molar-refractivity contribution in [1.82, 2.24) is 4.90 Å². The first kappa shape index (κ1) is 9.01. The summed E-state index contributed by atoms with van der Waals surface area (Å²) in [6, 6.07) is 0. The topological polar surface area (TPSA) is 12.5 Å².